The van der Waals surface area contributed by atoms with Crippen molar-refractivity contribution in [3.63, 3.8) is 0 Å². The Morgan fingerprint density at radius 3 is 2.61 bits per heavy atom. The molecule has 3 fully saturated rings. The van der Waals surface area contributed by atoms with Crippen LogP contribution in [0.25, 0.3) is 0 Å². The maximum atomic E-state index is 12.2. The first-order valence-electron chi connectivity index (χ1n) is 11.3. The number of hydrogen-bond donors (Lipinski definition) is 1. The van der Waals surface area contributed by atoms with Crippen molar-refractivity contribution in [3.05, 3.63) is 46.0 Å². The molecule has 0 bridgehead atoms. The molecule has 3 nitrogen and oxygen atoms in total. The van der Waals surface area contributed by atoms with Crippen LogP contribution in [0.3, 0.4) is 0 Å². The highest BCUT2D eigenvalue weighted by Gasteiger charge is 2.66. The largest absolute Gasteiger partial charge is 0.431 e. The van der Waals surface area contributed by atoms with E-state index in [1.165, 1.54) is 25.3 Å². The molecule has 0 aromatic carbocycles. The van der Waals surface area contributed by atoms with Crippen molar-refractivity contribution < 1.29 is 9.52 Å². The Hall–Kier alpha value is -1.35. The lowest BCUT2D eigenvalue weighted by Gasteiger charge is -2.62. The molecule has 0 radical (unpaired) electrons. The lowest BCUT2D eigenvalue weighted by molar-refractivity contribution is -0.177. The summed E-state index contributed by atoms with van der Waals surface area (Å²) >= 11 is 0. The van der Waals surface area contributed by atoms with Crippen molar-refractivity contribution in [1.29, 1.82) is 0 Å². The first kappa shape index (κ1) is 18.7. The molecule has 3 saturated carbocycles. The predicted molar refractivity (Wildman–Crippen MR) is 110 cm³/mol. The van der Waals surface area contributed by atoms with E-state index in [-0.39, 0.29) is 22.4 Å². The fourth-order valence-corrected chi connectivity index (χ4v) is 7.97. The topological polar surface area (TPSA) is 50.4 Å². The van der Waals surface area contributed by atoms with E-state index in [0.717, 1.165) is 37.7 Å². The predicted octanol–water partition coefficient (Wildman–Crippen LogP) is 5.44. The van der Waals surface area contributed by atoms with Crippen LogP contribution < -0.4 is 5.63 Å². The molecule has 1 aromatic heterocycles. The van der Waals surface area contributed by atoms with Crippen LogP contribution in [0.5, 0.6) is 0 Å². The number of aliphatic hydroxyl groups is 1. The highest BCUT2D eigenvalue weighted by atomic mass is 16.4. The zero-order valence-electron chi connectivity index (χ0n) is 17.5. The molecule has 0 saturated heterocycles. The Morgan fingerprint density at radius 1 is 1.04 bits per heavy atom. The van der Waals surface area contributed by atoms with Gasteiger partial charge in [-0.25, -0.2) is 4.79 Å². The Kier molecular flexibility index (Phi) is 4.05. The fraction of sp³-hybridized carbons (Fsp3) is 0.720. The lowest BCUT2D eigenvalue weighted by Crippen LogP contribution is -2.60. The van der Waals surface area contributed by atoms with E-state index in [4.69, 9.17) is 4.42 Å². The molecule has 1 heterocycles. The van der Waals surface area contributed by atoms with Crippen molar-refractivity contribution in [1.82, 2.24) is 0 Å². The molecule has 4 aliphatic rings. The van der Waals surface area contributed by atoms with Gasteiger partial charge < -0.3 is 9.52 Å². The van der Waals surface area contributed by atoms with Gasteiger partial charge in [0.15, 0.2) is 0 Å². The van der Waals surface area contributed by atoms with Crippen LogP contribution in [0.1, 0.15) is 83.6 Å². The van der Waals surface area contributed by atoms with Gasteiger partial charge in [0.05, 0.1) is 11.9 Å². The van der Waals surface area contributed by atoms with Gasteiger partial charge >= 0.3 is 5.63 Å². The standard InChI is InChI=1S/C25H34O3/c1-16-8-11-23(2)18(14-16)5-6-21-20(23)9-12-24(3)19(10-13-25(21,24)27)17-4-7-22(26)28-15-17/h4,7,14-16,19-21,27H,5-6,8-13H2,1-3H3/t16?,19?,20?,21?,23?,24-,25?/m1/s1. The quantitative estimate of drug-likeness (QED) is 0.658. The summed E-state index contributed by atoms with van der Waals surface area (Å²) < 4.78 is 5.19. The maximum absolute atomic E-state index is 12.2. The van der Waals surface area contributed by atoms with Crippen molar-refractivity contribution in [2.24, 2.45) is 28.6 Å². The summed E-state index contributed by atoms with van der Waals surface area (Å²) in [6.45, 7) is 7.15. The van der Waals surface area contributed by atoms with E-state index in [1.807, 2.05) is 6.07 Å². The third-order valence-corrected chi connectivity index (χ3v) is 9.65. The molecule has 4 aliphatic carbocycles. The van der Waals surface area contributed by atoms with Crippen molar-refractivity contribution >= 4 is 0 Å². The first-order valence-corrected chi connectivity index (χ1v) is 11.3. The molecule has 0 aliphatic heterocycles. The molecule has 5 rings (SSSR count). The van der Waals surface area contributed by atoms with Gasteiger partial charge in [-0.2, -0.15) is 0 Å². The second kappa shape index (κ2) is 6.08. The van der Waals surface area contributed by atoms with Gasteiger partial charge in [-0.15, -0.1) is 0 Å². The molecule has 3 heteroatoms. The summed E-state index contributed by atoms with van der Waals surface area (Å²) in [6, 6.07) is 3.45. The second-order valence-corrected chi connectivity index (χ2v) is 10.7. The smallest absolute Gasteiger partial charge is 0.335 e. The number of allylic oxidation sites excluding steroid dienone is 2. The average molecular weight is 383 g/mol. The normalized spacial score (nSPS) is 47.6. The number of fused-ring (bicyclic) bond motifs is 5. The Labute approximate surface area is 168 Å². The van der Waals surface area contributed by atoms with Gasteiger partial charge in [-0.1, -0.05) is 32.4 Å². The zero-order valence-corrected chi connectivity index (χ0v) is 17.5. The minimum atomic E-state index is -0.603. The van der Waals surface area contributed by atoms with Crippen LogP contribution in [-0.2, 0) is 0 Å². The van der Waals surface area contributed by atoms with E-state index >= 15 is 0 Å². The van der Waals surface area contributed by atoms with Gasteiger partial charge in [-0.3, -0.25) is 0 Å². The van der Waals surface area contributed by atoms with Gasteiger partial charge in [0.2, 0.25) is 0 Å². The summed E-state index contributed by atoms with van der Waals surface area (Å²) in [5.41, 5.74) is 2.02. The Bertz CT molecular complexity index is 848. The molecular formula is C25H34O3. The summed E-state index contributed by atoms with van der Waals surface area (Å²) in [7, 11) is 0. The highest BCUT2D eigenvalue weighted by Crippen LogP contribution is 2.70. The summed E-state index contributed by atoms with van der Waals surface area (Å²) in [5, 5.41) is 12.2. The summed E-state index contributed by atoms with van der Waals surface area (Å²) in [4.78, 5) is 11.4. The van der Waals surface area contributed by atoms with Crippen LogP contribution in [0.4, 0.5) is 0 Å². The average Bonchev–Trinajstić information content (AvgIpc) is 2.95. The van der Waals surface area contributed by atoms with E-state index < -0.39 is 5.60 Å². The molecule has 152 valence electrons. The van der Waals surface area contributed by atoms with Crippen LogP contribution >= 0.6 is 0 Å². The number of rotatable bonds is 1. The SMILES string of the molecule is CC1C=C2CCC3C(CC[C@]4(C)C(c5ccc(=O)oc5)CCC34O)C2(C)CC1. The summed E-state index contributed by atoms with van der Waals surface area (Å²) in [6.07, 6.45) is 13.2. The third kappa shape index (κ3) is 2.35. The van der Waals surface area contributed by atoms with Crippen molar-refractivity contribution in [3.8, 4) is 0 Å². The summed E-state index contributed by atoms with van der Waals surface area (Å²) in [5.74, 6) is 1.98. The molecule has 0 amide bonds. The van der Waals surface area contributed by atoms with Crippen LogP contribution in [0.15, 0.2) is 39.3 Å². The molecule has 6 unspecified atom stereocenters. The molecule has 28 heavy (non-hydrogen) atoms. The molecular weight excluding hydrogens is 348 g/mol. The van der Waals surface area contributed by atoms with Crippen LogP contribution in [0.2, 0.25) is 0 Å². The molecule has 1 N–H and O–H groups in total. The van der Waals surface area contributed by atoms with Crippen LogP contribution in [0, 0.1) is 28.6 Å². The molecule has 7 atom stereocenters. The minimum absolute atomic E-state index is 0.131. The number of hydrogen-bond acceptors (Lipinski definition) is 3. The fourth-order valence-electron chi connectivity index (χ4n) is 7.97. The van der Waals surface area contributed by atoms with Gasteiger partial charge in [0.1, 0.15) is 0 Å². The van der Waals surface area contributed by atoms with Gasteiger partial charge in [0, 0.05) is 11.5 Å². The highest BCUT2D eigenvalue weighted by molar-refractivity contribution is 5.30. The third-order valence-electron chi connectivity index (χ3n) is 9.65. The van der Waals surface area contributed by atoms with Gasteiger partial charge in [-0.05, 0) is 92.1 Å². The van der Waals surface area contributed by atoms with Crippen LogP contribution in [-0.4, -0.2) is 10.7 Å². The van der Waals surface area contributed by atoms with Crippen molar-refractivity contribution in [2.45, 2.75) is 83.7 Å². The first-order chi connectivity index (χ1) is 13.3. The minimum Gasteiger partial charge on any atom is -0.431 e. The van der Waals surface area contributed by atoms with E-state index in [0.29, 0.717) is 17.8 Å². The zero-order chi connectivity index (χ0) is 19.7. The lowest BCUT2D eigenvalue weighted by atomic mass is 9.45. The Balaban J connectivity index is 1.51. The second-order valence-electron chi connectivity index (χ2n) is 10.7. The monoisotopic (exact) mass is 382 g/mol. The van der Waals surface area contributed by atoms with Gasteiger partial charge in [0.25, 0.3) is 0 Å². The maximum Gasteiger partial charge on any atom is 0.335 e. The Morgan fingerprint density at radius 2 is 1.86 bits per heavy atom. The van der Waals surface area contributed by atoms with Crippen molar-refractivity contribution in [2.75, 3.05) is 0 Å². The van der Waals surface area contributed by atoms with E-state index in [1.54, 1.807) is 11.8 Å². The molecule has 0 spiro atoms. The van der Waals surface area contributed by atoms with E-state index in [9.17, 15) is 9.90 Å². The molecule has 1 aromatic rings. The van der Waals surface area contributed by atoms with E-state index in [2.05, 4.69) is 26.8 Å².